The second-order valence-electron chi connectivity index (χ2n) is 3.02. The van der Waals surface area contributed by atoms with Crippen molar-refractivity contribution in [3.63, 3.8) is 0 Å². The van der Waals surface area contributed by atoms with Crippen molar-refractivity contribution < 1.29 is 9.53 Å². The SMILES string of the molecule is COC(=O)c1cccc(N)c1CCC#N. The number of nitrogens with two attached hydrogens (primary N) is 1. The van der Waals surface area contributed by atoms with Crippen molar-refractivity contribution in [1.29, 1.82) is 5.26 Å². The number of esters is 1. The zero-order chi connectivity index (χ0) is 11.3. The van der Waals surface area contributed by atoms with Crippen molar-refractivity contribution in [3.8, 4) is 6.07 Å². The molecule has 0 spiro atoms. The average molecular weight is 204 g/mol. The van der Waals surface area contributed by atoms with Gasteiger partial charge in [0.1, 0.15) is 0 Å². The molecular weight excluding hydrogens is 192 g/mol. The quantitative estimate of drug-likeness (QED) is 0.598. The summed E-state index contributed by atoms with van der Waals surface area (Å²) in [4.78, 5) is 11.4. The number of rotatable bonds is 3. The van der Waals surface area contributed by atoms with Gasteiger partial charge in [0.25, 0.3) is 0 Å². The third-order valence-electron chi connectivity index (χ3n) is 2.10. The lowest BCUT2D eigenvalue weighted by Crippen LogP contribution is -2.08. The van der Waals surface area contributed by atoms with Crippen LogP contribution in [0.5, 0.6) is 0 Å². The van der Waals surface area contributed by atoms with E-state index >= 15 is 0 Å². The number of nitrogens with zero attached hydrogens (tertiary/aromatic N) is 1. The standard InChI is InChI=1S/C11H12N2O2/c1-15-11(14)9-4-2-6-10(13)8(9)5-3-7-12/h2,4,6H,3,5,13H2,1H3. The third-order valence-corrected chi connectivity index (χ3v) is 2.10. The van der Waals surface area contributed by atoms with Crippen LogP contribution in [0.2, 0.25) is 0 Å². The Balaban J connectivity index is 3.09. The van der Waals surface area contributed by atoms with E-state index in [1.807, 2.05) is 6.07 Å². The van der Waals surface area contributed by atoms with E-state index in [0.29, 0.717) is 29.7 Å². The fourth-order valence-electron chi connectivity index (χ4n) is 1.37. The summed E-state index contributed by atoms with van der Waals surface area (Å²) in [6, 6.07) is 7.07. The lowest BCUT2D eigenvalue weighted by molar-refractivity contribution is 0.0599. The number of ether oxygens (including phenoxy) is 1. The molecule has 0 aliphatic carbocycles. The van der Waals surface area contributed by atoms with Gasteiger partial charge in [-0.05, 0) is 24.1 Å². The first-order valence-electron chi connectivity index (χ1n) is 4.53. The van der Waals surface area contributed by atoms with E-state index in [0.717, 1.165) is 0 Å². The monoisotopic (exact) mass is 204 g/mol. The largest absolute Gasteiger partial charge is 0.465 e. The maximum absolute atomic E-state index is 11.4. The van der Waals surface area contributed by atoms with Crippen LogP contribution in [0.25, 0.3) is 0 Å². The highest BCUT2D eigenvalue weighted by molar-refractivity contribution is 5.92. The minimum absolute atomic E-state index is 0.332. The second-order valence-corrected chi connectivity index (χ2v) is 3.02. The minimum Gasteiger partial charge on any atom is -0.465 e. The Kier molecular flexibility index (Phi) is 3.69. The number of benzene rings is 1. The summed E-state index contributed by atoms with van der Waals surface area (Å²) in [6.07, 6.45) is 0.797. The molecule has 0 amide bonds. The van der Waals surface area contributed by atoms with Gasteiger partial charge in [0.2, 0.25) is 0 Å². The van der Waals surface area contributed by atoms with Gasteiger partial charge in [-0.1, -0.05) is 6.07 Å². The number of carbonyl (C=O) groups excluding carboxylic acids is 1. The van der Waals surface area contributed by atoms with Crippen LogP contribution in [-0.2, 0) is 11.2 Å². The van der Waals surface area contributed by atoms with Crippen molar-refractivity contribution in [2.75, 3.05) is 12.8 Å². The van der Waals surface area contributed by atoms with Crippen LogP contribution in [0.15, 0.2) is 18.2 Å². The molecular formula is C11H12N2O2. The predicted octanol–water partition coefficient (Wildman–Crippen LogP) is 1.51. The fraction of sp³-hybridized carbons (Fsp3) is 0.273. The van der Waals surface area contributed by atoms with Gasteiger partial charge in [-0.15, -0.1) is 0 Å². The number of anilines is 1. The van der Waals surface area contributed by atoms with Crippen LogP contribution in [0.3, 0.4) is 0 Å². The molecule has 4 nitrogen and oxygen atoms in total. The Morgan fingerprint density at radius 2 is 2.33 bits per heavy atom. The Morgan fingerprint density at radius 3 is 2.93 bits per heavy atom. The van der Waals surface area contributed by atoms with Crippen molar-refractivity contribution in [3.05, 3.63) is 29.3 Å². The predicted molar refractivity (Wildman–Crippen MR) is 56.1 cm³/mol. The van der Waals surface area contributed by atoms with Gasteiger partial charge >= 0.3 is 5.97 Å². The molecule has 1 rings (SSSR count). The molecule has 0 aliphatic rings. The lowest BCUT2D eigenvalue weighted by Gasteiger charge is -2.08. The highest BCUT2D eigenvalue weighted by Gasteiger charge is 2.13. The summed E-state index contributed by atoms with van der Waals surface area (Å²) in [5.74, 6) is -0.421. The van der Waals surface area contributed by atoms with E-state index in [1.54, 1.807) is 18.2 Å². The van der Waals surface area contributed by atoms with E-state index in [1.165, 1.54) is 7.11 Å². The van der Waals surface area contributed by atoms with Gasteiger partial charge in [0.05, 0.1) is 18.7 Å². The molecule has 0 fully saturated rings. The molecule has 0 saturated carbocycles. The lowest BCUT2D eigenvalue weighted by atomic mass is 10.0. The zero-order valence-electron chi connectivity index (χ0n) is 8.49. The van der Waals surface area contributed by atoms with Crippen molar-refractivity contribution in [2.45, 2.75) is 12.8 Å². The average Bonchev–Trinajstić information content (AvgIpc) is 2.26. The van der Waals surface area contributed by atoms with Gasteiger partial charge in [-0.2, -0.15) is 5.26 Å². The molecule has 1 aromatic rings. The van der Waals surface area contributed by atoms with Gasteiger partial charge < -0.3 is 10.5 Å². The fourth-order valence-corrected chi connectivity index (χ4v) is 1.37. The van der Waals surface area contributed by atoms with Crippen LogP contribution >= 0.6 is 0 Å². The molecule has 0 aromatic heterocycles. The molecule has 0 bridgehead atoms. The molecule has 0 saturated heterocycles. The summed E-state index contributed by atoms with van der Waals surface area (Å²) in [6.45, 7) is 0. The Hall–Kier alpha value is -2.02. The van der Waals surface area contributed by atoms with E-state index < -0.39 is 5.97 Å². The number of nitrogen functional groups attached to an aromatic ring is 1. The second kappa shape index (κ2) is 5.01. The zero-order valence-corrected chi connectivity index (χ0v) is 8.49. The maximum atomic E-state index is 11.4. The molecule has 0 unspecified atom stereocenters. The van der Waals surface area contributed by atoms with E-state index in [9.17, 15) is 4.79 Å². The molecule has 0 heterocycles. The molecule has 1 aromatic carbocycles. The van der Waals surface area contributed by atoms with Crippen LogP contribution in [-0.4, -0.2) is 13.1 Å². The Morgan fingerprint density at radius 1 is 1.60 bits per heavy atom. The van der Waals surface area contributed by atoms with Gasteiger partial charge in [-0.25, -0.2) is 4.79 Å². The highest BCUT2D eigenvalue weighted by Crippen LogP contribution is 2.19. The minimum atomic E-state index is -0.421. The van der Waals surface area contributed by atoms with Crippen LogP contribution < -0.4 is 5.73 Å². The first-order valence-corrected chi connectivity index (χ1v) is 4.53. The molecule has 0 atom stereocenters. The van der Waals surface area contributed by atoms with Crippen molar-refractivity contribution in [1.82, 2.24) is 0 Å². The van der Waals surface area contributed by atoms with Crippen molar-refractivity contribution >= 4 is 11.7 Å². The normalized spacial score (nSPS) is 9.33. The molecule has 78 valence electrons. The molecule has 0 radical (unpaired) electrons. The van der Waals surface area contributed by atoms with Crippen LogP contribution in [0.4, 0.5) is 5.69 Å². The number of methoxy groups -OCH3 is 1. The van der Waals surface area contributed by atoms with Crippen molar-refractivity contribution in [2.24, 2.45) is 0 Å². The van der Waals surface area contributed by atoms with Crippen LogP contribution in [0.1, 0.15) is 22.3 Å². The smallest absolute Gasteiger partial charge is 0.338 e. The summed E-state index contributed by atoms with van der Waals surface area (Å²) >= 11 is 0. The van der Waals surface area contributed by atoms with E-state index in [4.69, 9.17) is 11.0 Å². The Labute approximate surface area is 88.3 Å². The van der Waals surface area contributed by atoms with Crippen LogP contribution in [0, 0.1) is 11.3 Å². The molecule has 0 aliphatic heterocycles. The molecule has 4 heteroatoms. The first kappa shape index (κ1) is 11.1. The number of hydrogen-bond donors (Lipinski definition) is 1. The third kappa shape index (κ3) is 2.47. The topological polar surface area (TPSA) is 76.1 Å². The molecule has 2 N–H and O–H groups in total. The summed E-state index contributed by atoms with van der Waals surface area (Å²) in [5.41, 5.74) is 7.38. The van der Waals surface area contributed by atoms with Gasteiger partial charge in [0.15, 0.2) is 0 Å². The number of hydrogen-bond acceptors (Lipinski definition) is 4. The summed E-state index contributed by atoms with van der Waals surface area (Å²) < 4.78 is 4.63. The van der Waals surface area contributed by atoms with E-state index in [-0.39, 0.29) is 0 Å². The highest BCUT2D eigenvalue weighted by atomic mass is 16.5. The Bertz CT molecular complexity index is 408. The summed E-state index contributed by atoms with van der Waals surface area (Å²) in [7, 11) is 1.32. The molecule has 15 heavy (non-hydrogen) atoms. The number of nitriles is 1. The van der Waals surface area contributed by atoms with E-state index in [2.05, 4.69) is 4.74 Å². The number of carbonyl (C=O) groups is 1. The first-order chi connectivity index (χ1) is 7.20. The summed E-state index contributed by atoms with van der Waals surface area (Å²) in [5, 5.41) is 8.50. The van der Waals surface area contributed by atoms with Gasteiger partial charge in [0, 0.05) is 12.1 Å². The maximum Gasteiger partial charge on any atom is 0.338 e. The van der Waals surface area contributed by atoms with Gasteiger partial charge in [-0.3, -0.25) is 0 Å².